The van der Waals surface area contributed by atoms with Crippen molar-refractivity contribution in [2.45, 2.75) is 353 Å². The summed E-state index contributed by atoms with van der Waals surface area (Å²) in [6, 6.07) is -0.883. The van der Waals surface area contributed by atoms with Crippen LogP contribution in [0.4, 0.5) is 0 Å². The van der Waals surface area contributed by atoms with E-state index in [2.05, 4.69) is 19.2 Å². The molecule has 0 radical (unpaired) electrons. The minimum Gasteiger partial charge on any atom is -0.756 e. The molecule has 3 atom stereocenters. The van der Waals surface area contributed by atoms with Crippen LogP contribution >= 0.6 is 7.82 Å². The number of carbonyl (C=O) groups is 1. The molecule has 0 saturated carbocycles. The SMILES string of the molecule is CCCCCCCCCCCCCCCCCCCCCCCCCCCCC/C=C/C(O)C(COP(=O)([O-])OCC[N+](C)(C)C)NC(=O)CCCCCCCCCCCCCCCCCCCCCCCC. The number of nitrogens with zero attached hydrogens (tertiary/aromatic N) is 1. The van der Waals surface area contributed by atoms with Crippen LogP contribution in [0.2, 0.25) is 0 Å². The molecule has 0 spiro atoms. The molecule has 0 fully saturated rings. The molecule has 0 saturated heterocycles. The molecule has 0 heterocycles. The topological polar surface area (TPSA) is 108 Å². The van der Waals surface area contributed by atoms with Gasteiger partial charge in [-0.05, 0) is 19.3 Å². The van der Waals surface area contributed by atoms with Gasteiger partial charge in [0.25, 0.3) is 7.82 Å². The molecule has 8 nitrogen and oxygen atoms in total. The summed E-state index contributed by atoms with van der Waals surface area (Å²) in [7, 11) is 1.28. The molecule has 9 heteroatoms. The van der Waals surface area contributed by atoms with Crippen LogP contribution in [0.15, 0.2) is 12.2 Å². The Morgan fingerprint density at radius 1 is 0.466 bits per heavy atom. The number of amides is 1. The average Bonchev–Trinajstić information content (AvgIpc) is 3.35. The van der Waals surface area contributed by atoms with E-state index in [1.54, 1.807) is 6.08 Å². The number of hydrogen-bond donors (Lipinski definition) is 2. The van der Waals surface area contributed by atoms with E-state index < -0.39 is 20.0 Å². The van der Waals surface area contributed by atoms with Crippen LogP contribution < -0.4 is 10.2 Å². The number of unbranched alkanes of at least 4 members (excludes halogenated alkanes) is 48. The molecule has 0 bridgehead atoms. The monoisotopic (exact) mass is 1050 g/mol. The number of aliphatic hydroxyl groups is 1. The highest BCUT2D eigenvalue weighted by Crippen LogP contribution is 2.38. The number of rotatable bonds is 61. The molecule has 436 valence electrons. The van der Waals surface area contributed by atoms with E-state index in [1.807, 2.05) is 27.2 Å². The van der Waals surface area contributed by atoms with Crippen molar-refractivity contribution in [3.63, 3.8) is 0 Å². The minimum atomic E-state index is -4.60. The summed E-state index contributed by atoms with van der Waals surface area (Å²) in [5.74, 6) is -0.188. The van der Waals surface area contributed by atoms with Crippen molar-refractivity contribution in [2.75, 3.05) is 40.9 Å². The van der Waals surface area contributed by atoms with Gasteiger partial charge in [0.15, 0.2) is 0 Å². The number of likely N-dealkylation sites (N-methyl/N-ethyl adjacent to an activating group) is 1. The standard InChI is InChI=1S/C64H129N2O6P/c1-6-8-10-12-14-16-18-20-22-24-26-28-30-31-32-33-34-35-36-37-39-41-43-45-47-49-51-53-55-57-63(67)62(61-72-73(69,70)71-60-59-66(3,4)5)65-64(68)58-56-54-52-50-48-46-44-42-40-38-29-27-25-23-21-19-17-15-13-11-9-7-2/h55,57,62-63,67H,6-54,56,58-61H2,1-5H3,(H-,65,68,69,70)/b57-55+. The molecule has 0 aliphatic heterocycles. The van der Waals surface area contributed by atoms with Gasteiger partial charge in [-0.1, -0.05) is 328 Å². The number of carbonyl (C=O) groups excluding carboxylic acids is 1. The third kappa shape index (κ3) is 58.8. The second-order valence-electron chi connectivity index (χ2n) is 23.8. The third-order valence-corrected chi connectivity index (χ3v) is 16.2. The molecule has 0 aromatic rings. The van der Waals surface area contributed by atoms with Gasteiger partial charge in [0.05, 0.1) is 39.9 Å². The second-order valence-corrected chi connectivity index (χ2v) is 25.2. The Morgan fingerprint density at radius 3 is 1.03 bits per heavy atom. The molecule has 0 rings (SSSR count). The second kappa shape index (κ2) is 56.0. The lowest BCUT2D eigenvalue weighted by atomic mass is 10.0. The van der Waals surface area contributed by atoms with Crippen LogP contribution in [0.25, 0.3) is 0 Å². The third-order valence-electron chi connectivity index (χ3n) is 15.2. The summed E-state index contributed by atoms with van der Waals surface area (Å²) >= 11 is 0. The number of quaternary nitrogens is 1. The van der Waals surface area contributed by atoms with Gasteiger partial charge in [-0.15, -0.1) is 0 Å². The van der Waals surface area contributed by atoms with Gasteiger partial charge in [-0.3, -0.25) is 9.36 Å². The predicted molar refractivity (Wildman–Crippen MR) is 316 cm³/mol. The van der Waals surface area contributed by atoms with Crippen molar-refractivity contribution >= 4 is 13.7 Å². The largest absolute Gasteiger partial charge is 0.756 e. The van der Waals surface area contributed by atoms with Crippen molar-refractivity contribution < 1.29 is 32.9 Å². The Hall–Kier alpha value is -0.760. The van der Waals surface area contributed by atoms with Gasteiger partial charge in [0, 0.05) is 6.42 Å². The lowest BCUT2D eigenvalue weighted by molar-refractivity contribution is -0.870. The van der Waals surface area contributed by atoms with E-state index in [1.165, 1.54) is 283 Å². The lowest BCUT2D eigenvalue weighted by Gasteiger charge is -2.29. The molecule has 0 aromatic carbocycles. The van der Waals surface area contributed by atoms with E-state index in [4.69, 9.17) is 9.05 Å². The molecule has 0 aromatic heterocycles. The van der Waals surface area contributed by atoms with Gasteiger partial charge in [0.1, 0.15) is 13.2 Å². The van der Waals surface area contributed by atoms with E-state index in [0.29, 0.717) is 17.4 Å². The predicted octanol–water partition coefficient (Wildman–Crippen LogP) is 19.5. The fraction of sp³-hybridized carbons (Fsp3) is 0.953. The Labute approximate surface area is 456 Å². The molecular weight excluding hydrogens is 924 g/mol. The fourth-order valence-electron chi connectivity index (χ4n) is 10.2. The maximum Gasteiger partial charge on any atom is 0.268 e. The number of hydrogen-bond acceptors (Lipinski definition) is 6. The highest BCUT2D eigenvalue weighted by molar-refractivity contribution is 7.45. The highest BCUT2D eigenvalue weighted by atomic mass is 31.2. The first-order valence-electron chi connectivity index (χ1n) is 32.6. The first-order chi connectivity index (χ1) is 35.5. The van der Waals surface area contributed by atoms with Crippen LogP contribution in [-0.4, -0.2) is 68.5 Å². The average molecular weight is 1050 g/mol. The summed E-state index contributed by atoms with van der Waals surface area (Å²) in [6.07, 6.45) is 70.3. The summed E-state index contributed by atoms with van der Waals surface area (Å²) in [5.41, 5.74) is 0. The molecular formula is C64H129N2O6P. The van der Waals surface area contributed by atoms with Crippen molar-refractivity contribution in [1.82, 2.24) is 5.32 Å². The van der Waals surface area contributed by atoms with Crippen molar-refractivity contribution in [3.05, 3.63) is 12.2 Å². The zero-order chi connectivity index (χ0) is 53.5. The zero-order valence-electron chi connectivity index (χ0n) is 49.9. The fourth-order valence-corrected chi connectivity index (χ4v) is 10.9. The van der Waals surface area contributed by atoms with Crippen LogP contribution in [0.1, 0.15) is 341 Å². The number of phosphoric acid groups is 1. The summed E-state index contributed by atoms with van der Waals surface area (Å²) < 4.78 is 23.4. The van der Waals surface area contributed by atoms with Gasteiger partial charge in [-0.2, -0.15) is 0 Å². The summed E-state index contributed by atoms with van der Waals surface area (Å²) in [4.78, 5) is 25.6. The van der Waals surface area contributed by atoms with Crippen LogP contribution in [0.5, 0.6) is 0 Å². The number of phosphoric ester groups is 1. The number of nitrogens with one attached hydrogen (secondary N) is 1. The minimum absolute atomic E-state index is 0.00290. The molecule has 1 amide bonds. The van der Waals surface area contributed by atoms with Crippen molar-refractivity contribution in [1.29, 1.82) is 0 Å². The molecule has 3 unspecified atom stereocenters. The summed E-state index contributed by atoms with van der Waals surface area (Å²) in [6.45, 7) is 4.72. The van der Waals surface area contributed by atoms with Crippen LogP contribution in [0, 0.1) is 0 Å². The van der Waals surface area contributed by atoms with E-state index in [9.17, 15) is 19.4 Å². The first-order valence-corrected chi connectivity index (χ1v) is 34.0. The van der Waals surface area contributed by atoms with Gasteiger partial charge >= 0.3 is 0 Å². The lowest BCUT2D eigenvalue weighted by Crippen LogP contribution is -2.45. The first kappa shape index (κ1) is 72.2. The quantitative estimate of drug-likeness (QED) is 0.0272. The Balaban J connectivity index is 4.08. The van der Waals surface area contributed by atoms with E-state index >= 15 is 0 Å². The van der Waals surface area contributed by atoms with Gasteiger partial charge in [-0.25, -0.2) is 0 Å². The van der Waals surface area contributed by atoms with Gasteiger partial charge < -0.3 is 28.8 Å². The molecule has 0 aliphatic rings. The van der Waals surface area contributed by atoms with E-state index in [-0.39, 0.29) is 19.1 Å². The Morgan fingerprint density at radius 2 is 0.740 bits per heavy atom. The number of allylic oxidation sites excluding steroid dienone is 1. The Kier molecular flexibility index (Phi) is 55.4. The normalized spacial score (nSPS) is 13.8. The zero-order valence-corrected chi connectivity index (χ0v) is 50.8. The maximum atomic E-state index is 13.0. The smallest absolute Gasteiger partial charge is 0.268 e. The number of aliphatic hydroxyl groups excluding tert-OH is 1. The maximum absolute atomic E-state index is 13.0. The molecule has 0 aliphatic carbocycles. The highest BCUT2D eigenvalue weighted by Gasteiger charge is 2.23. The molecule has 73 heavy (non-hydrogen) atoms. The van der Waals surface area contributed by atoms with Crippen LogP contribution in [0.3, 0.4) is 0 Å². The van der Waals surface area contributed by atoms with Crippen LogP contribution in [-0.2, 0) is 18.4 Å². The Bertz CT molecular complexity index is 1200. The van der Waals surface area contributed by atoms with Crippen molar-refractivity contribution in [3.8, 4) is 0 Å². The van der Waals surface area contributed by atoms with Gasteiger partial charge in [0.2, 0.25) is 5.91 Å². The molecule has 2 N–H and O–H groups in total. The van der Waals surface area contributed by atoms with E-state index in [0.717, 1.165) is 38.5 Å². The van der Waals surface area contributed by atoms with Crippen molar-refractivity contribution in [2.24, 2.45) is 0 Å². The summed E-state index contributed by atoms with van der Waals surface area (Å²) in [5, 5.41) is 13.9.